The molecule has 3 rings (SSSR count). The summed E-state index contributed by atoms with van der Waals surface area (Å²) in [5, 5.41) is 20.0. The summed E-state index contributed by atoms with van der Waals surface area (Å²) in [6.07, 6.45) is 1.76. The smallest absolute Gasteiger partial charge is 0.293 e. The van der Waals surface area contributed by atoms with Crippen LogP contribution in [0.3, 0.4) is 0 Å². The highest BCUT2D eigenvalue weighted by molar-refractivity contribution is 7.99. The van der Waals surface area contributed by atoms with Crippen molar-refractivity contribution in [2.45, 2.75) is 28.7 Å². The number of nitro benzene ring substituents is 1. The number of hydrogen-bond acceptors (Lipinski definition) is 8. The Hall–Kier alpha value is -2.18. The van der Waals surface area contributed by atoms with Crippen LogP contribution in [0.5, 0.6) is 0 Å². The maximum Gasteiger partial charge on any atom is 0.293 e. The lowest BCUT2D eigenvalue weighted by atomic mass is 10.2. The summed E-state index contributed by atoms with van der Waals surface area (Å²) in [5.41, 5.74) is -0.0327. The Bertz CT molecular complexity index is 997. The van der Waals surface area contributed by atoms with Crippen LogP contribution in [0, 0.1) is 10.1 Å². The summed E-state index contributed by atoms with van der Waals surface area (Å²) in [7, 11) is -4.03. The van der Waals surface area contributed by atoms with Crippen LogP contribution in [-0.4, -0.2) is 62.9 Å². The summed E-state index contributed by atoms with van der Waals surface area (Å²) in [6.45, 7) is 4.13. The number of nitrogens with two attached hydrogens (primary N) is 1. The van der Waals surface area contributed by atoms with E-state index in [-0.39, 0.29) is 22.3 Å². The molecule has 174 valence electrons. The summed E-state index contributed by atoms with van der Waals surface area (Å²) in [4.78, 5) is 14.2. The first-order chi connectivity index (χ1) is 15.3. The molecule has 1 aliphatic rings. The SMILES string of the molecule is NS(=O)(=O)c1ccc(NC(CCN2CCCOCC2)CSc2ccccc2)c([N+](=O)[O-])c1. The number of hydrogen-bond donors (Lipinski definition) is 2. The van der Waals surface area contributed by atoms with Crippen LogP contribution in [0.25, 0.3) is 0 Å². The van der Waals surface area contributed by atoms with Crippen molar-refractivity contribution in [2.24, 2.45) is 5.14 Å². The predicted octanol–water partition coefficient (Wildman–Crippen LogP) is 2.93. The van der Waals surface area contributed by atoms with E-state index >= 15 is 0 Å². The van der Waals surface area contributed by atoms with Crippen molar-refractivity contribution in [3.05, 3.63) is 58.6 Å². The number of rotatable bonds is 10. The van der Waals surface area contributed by atoms with Gasteiger partial charge in [-0.15, -0.1) is 11.8 Å². The minimum absolute atomic E-state index is 0.0663. The second kappa shape index (κ2) is 11.6. The van der Waals surface area contributed by atoms with Gasteiger partial charge < -0.3 is 15.0 Å². The number of thioether (sulfide) groups is 1. The lowest BCUT2D eigenvalue weighted by molar-refractivity contribution is -0.384. The van der Waals surface area contributed by atoms with E-state index in [9.17, 15) is 18.5 Å². The van der Waals surface area contributed by atoms with E-state index < -0.39 is 14.9 Å². The Kier molecular flexibility index (Phi) is 8.88. The first-order valence-corrected chi connectivity index (χ1v) is 12.9. The number of sulfonamides is 1. The monoisotopic (exact) mass is 480 g/mol. The van der Waals surface area contributed by atoms with E-state index in [2.05, 4.69) is 10.2 Å². The number of nitrogens with one attached hydrogen (secondary N) is 1. The quantitative estimate of drug-likeness (QED) is 0.302. The van der Waals surface area contributed by atoms with Crippen molar-refractivity contribution in [2.75, 3.05) is 43.9 Å². The van der Waals surface area contributed by atoms with Crippen LogP contribution in [0.1, 0.15) is 12.8 Å². The maximum atomic E-state index is 11.6. The van der Waals surface area contributed by atoms with Gasteiger partial charge in [-0.2, -0.15) is 0 Å². The van der Waals surface area contributed by atoms with Gasteiger partial charge in [0.25, 0.3) is 5.69 Å². The third-order valence-corrected chi connectivity index (χ3v) is 7.24. The Balaban J connectivity index is 1.76. The molecule has 0 amide bonds. The standard InChI is InChI=1S/C21H28N4O5S2/c22-32(28,29)19-7-8-20(21(15-19)25(26)27)23-17(16-31-18-5-2-1-3-6-18)9-11-24-10-4-13-30-14-12-24/h1-3,5-8,15,17,23H,4,9-14,16H2,(H2,22,28,29). The highest BCUT2D eigenvalue weighted by atomic mass is 32.2. The molecule has 9 nitrogen and oxygen atoms in total. The molecule has 3 N–H and O–H groups in total. The summed E-state index contributed by atoms with van der Waals surface area (Å²) >= 11 is 1.67. The average Bonchev–Trinajstić information content (AvgIpc) is 3.04. The van der Waals surface area contributed by atoms with Gasteiger partial charge in [0.15, 0.2) is 0 Å². The normalized spacial score (nSPS) is 16.3. The van der Waals surface area contributed by atoms with Gasteiger partial charge in [-0.25, -0.2) is 13.6 Å². The molecule has 1 aliphatic heterocycles. The van der Waals surface area contributed by atoms with Gasteiger partial charge in [-0.3, -0.25) is 10.1 Å². The first-order valence-electron chi connectivity index (χ1n) is 10.4. The van der Waals surface area contributed by atoms with Crippen molar-refractivity contribution in [3.8, 4) is 0 Å². The molecule has 1 unspecified atom stereocenters. The zero-order valence-corrected chi connectivity index (χ0v) is 19.3. The summed E-state index contributed by atoms with van der Waals surface area (Å²) in [6, 6.07) is 13.6. The van der Waals surface area contributed by atoms with Crippen LogP contribution >= 0.6 is 11.8 Å². The van der Waals surface area contributed by atoms with E-state index in [4.69, 9.17) is 9.88 Å². The highest BCUT2D eigenvalue weighted by Crippen LogP contribution is 2.29. The second-order valence-corrected chi connectivity index (χ2v) is 10.2. The van der Waals surface area contributed by atoms with Crippen LogP contribution in [0.15, 0.2) is 58.3 Å². The van der Waals surface area contributed by atoms with Gasteiger partial charge in [0, 0.05) is 49.0 Å². The molecule has 0 bridgehead atoms. The molecule has 11 heteroatoms. The van der Waals surface area contributed by atoms with Crippen molar-refractivity contribution < 1.29 is 18.1 Å². The molecule has 0 radical (unpaired) electrons. The predicted molar refractivity (Wildman–Crippen MR) is 126 cm³/mol. The highest BCUT2D eigenvalue weighted by Gasteiger charge is 2.22. The Morgan fingerprint density at radius 1 is 1.19 bits per heavy atom. The van der Waals surface area contributed by atoms with Crippen LogP contribution < -0.4 is 10.5 Å². The molecular formula is C21H28N4O5S2. The minimum atomic E-state index is -4.03. The third kappa shape index (κ3) is 7.45. The van der Waals surface area contributed by atoms with E-state index in [1.807, 2.05) is 30.3 Å². The van der Waals surface area contributed by atoms with Crippen molar-refractivity contribution in [1.82, 2.24) is 4.90 Å². The van der Waals surface area contributed by atoms with E-state index in [0.29, 0.717) is 12.4 Å². The lowest BCUT2D eigenvalue weighted by Crippen LogP contribution is -2.33. The molecular weight excluding hydrogens is 452 g/mol. The summed E-state index contributed by atoms with van der Waals surface area (Å²) < 4.78 is 28.8. The van der Waals surface area contributed by atoms with Gasteiger partial charge >= 0.3 is 0 Å². The largest absolute Gasteiger partial charge is 0.380 e. The van der Waals surface area contributed by atoms with E-state index in [1.54, 1.807) is 11.8 Å². The molecule has 1 atom stereocenters. The average molecular weight is 481 g/mol. The lowest BCUT2D eigenvalue weighted by Gasteiger charge is -2.24. The van der Waals surface area contributed by atoms with E-state index in [1.165, 1.54) is 12.1 Å². The fourth-order valence-electron chi connectivity index (χ4n) is 3.45. The molecule has 1 saturated heterocycles. The fraction of sp³-hybridized carbons (Fsp3) is 0.429. The summed E-state index contributed by atoms with van der Waals surface area (Å²) in [5.74, 6) is 0.697. The number of ether oxygens (including phenoxy) is 1. The number of nitro groups is 1. The fourth-order valence-corrected chi connectivity index (χ4v) is 4.98. The zero-order valence-electron chi connectivity index (χ0n) is 17.7. The Morgan fingerprint density at radius 2 is 1.97 bits per heavy atom. The van der Waals surface area contributed by atoms with E-state index in [0.717, 1.165) is 50.0 Å². The van der Waals surface area contributed by atoms with Crippen molar-refractivity contribution >= 4 is 33.2 Å². The topological polar surface area (TPSA) is 128 Å². The molecule has 32 heavy (non-hydrogen) atoms. The van der Waals surface area contributed by atoms with Gasteiger partial charge in [0.2, 0.25) is 10.0 Å². The van der Waals surface area contributed by atoms with Gasteiger partial charge in [-0.1, -0.05) is 18.2 Å². The molecule has 0 spiro atoms. The van der Waals surface area contributed by atoms with Gasteiger partial charge in [-0.05, 0) is 37.1 Å². The molecule has 0 saturated carbocycles. The molecule has 2 aromatic carbocycles. The van der Waals surface area contributed by atoms with Crippen molar-refractivity contribution in [3.63, 3.8) is 0 Å². The van der Waals surface area contributed by atoms with Crippen LogP contribution in [-0.2, 0) is 14.8 Å². The van der Waals surface area contributed by atoms with Gasteiger partial charge in [0.1, 0.15) is 5.69 Å². The molecule has 0 aliphatic carbocycles. The number of nitrogens with zero attached hydrogens (tertiary/aromatic N) is 2. The number of primary sulfonamides is 1. The minimum Gasteiger partial charge on any atom is -0.380 e. The Morgan fingerprint density at radius 3 is 2.69 bits per heavy atom. The number of anilines is 1. The van der Waals surface area contributed by atoms with Crippen LogP contribution in [0.2, 0.25) is 0 Å². The third-order valence-electron chi connectivity index (χ3n) is 5.16. The Labute approximate surface area is 192 Å². The first kappa shape index (κ1) is 24.5. The molecule has 1 heterocycles. The number of benzene rings is 2. The molecule has 0 aromatic heterocycles. The van der Waals surface area contributed by atoms with Crippen molar-refractivity contribution in [1.29, 1.82) is 0 Å². The maximum absolute atomic E-state index is 11.6. The molecule has 2 aromatic rings. The van der Waals surface area contributed by atoms with Gasteiger partial charge in [0.05, 0.1) is 16.4 Å². The second-order valence-electron chi connectivity index (χ2n) is 7.54. The zero-order chi connectivity index (χ0) is 23.0. The van der Waals surface area contributed by atoms with Crippen LogP contribution in [0.4, 0.5) is 11.4 Å². The molecule has 1 fully saturated rings.